The third kappa shape index (κ3) is 3.20. The lowest BCUT2D eigenvalue weighted by Crippen LogP contribution is -2.27. The molecule has 1 N–H and O–H groups in total. The van der Waals surface area contributed by atoms with E-state index in [1.54, 1.807) is 24.1 Å². The van der Waals surface area contributed by atoms with Gasteiger partial charge in [-0.25, -0.2) is 9.37 Å². The molecule has 4 nitrogen and oxygen atoms in total. The van der Waals surface area contributed by atoms with Crippen molar-refractivity contribution in [3.63, 3.8) is 0 Å². The molecule has 2 aromatic heterocycles. The van der Waals surface area contributed by atoms with Gasteiger partial charge in [-0.05, 0) is 36.8 Å². The maximum Gasteiger partial charge on any atom is 0.263 e. The number of thiophene rings is 1. The number of carbonyl (C=O) groups excluding carboxylic acids is 1. The average molecular weight is 367 g/mol. The second-order valence-electron chi connectivity index (χ2n) is 6.29. The summed E-state index contributed by atoms with van der Waals surface area (Å²) in [4.78, 5) is 22.7. The second-order valence-corrected chi connectivity index (χ2v) is 7.38. The molecule has 0 unspecified atom stereocenters. The van der Waals surface area contributed by atoms with Crippen LogP contribution in [0.4, 0.5) is 4.39 Å². The number of nitrogens with one attached hydrogen (secondary N) is 1. The van der Waals surface area contributed by atoms with Gasteiger partial charge in [0.15, 0.2) is 0 Å². The van der Waals surface area contributed by atoms with E-state index in [4.69, 9.17) is 0 Å². The minimum atomic E-state index is -0.287. The van der Waals surface area contributed by atoms with E-state index in [9.17, 15) is 9.18 Å². The number of hydrogen-bond acceptors (Lipinski definition) is 3. The average Bonchev–Trinajstić information content (AvgIpc) is 3.25. The molecule has 26 heavy (non-hydrogen) atoms. The number of amides is 1. The molecule has 4 rings (SSSR count). The van der Waals surface area contributed by atoms with Crippen LogP contribution >= 0.6 is 11.3 Å². The van der Waals surface area contributed by atoms with Gasteiger partial charge in [-0.1, -0.05) is 18.2 Å². The van der Waals surface area contributed by atoms with E-state index in [0.29, 0.717) is 16.8 Å². The van der Waals surface area contributed by atoms with Gasteiger partial charge in [-0.15, -0.1) is 11.3 Å². The van der Waals surface area contributed by atoms with Crippen LogP contribution in [0.15, 0.2) is 48.5 Å². The maximum absolute atomic E-state index is 13.8. The lowest BCUT2D eigenvalue weighted by molar-refractivity contribution is 0.0798. The van der Waals surface area contributed by atoms with Gasteiger partial charge < -0.3 is 9.88 Å². The molecule has 1 amide bonds. The minimum absolute atomic E-state index is 0.0739. The van der Waals surface area contributed by atoms with Crippen molar-refractivity contribution in [2.75, 3.05) is 13.6 Å². The molecule has 0 bridgehead atoms. The van der Waals surface area contributed by atoms with Crippen molar-refractivity contribution in [2.45, 2.75) is 12.8 Å². The molecule has 0 aliphatic rings. The fourth-order valence-corrected chi connectivity index (χ4v) is 4.10. The van der Waals surface area contributed by atoms with Crippen LogP contribution in [-0.2, 0) is 6.42 Å². The van der Waals surface area contributed by atoms with Crippen LogP contribution in [0.2, 0.25) is 0 Å². The molecule has 2 heterocycles. The predicted molar refractivity (Wildman–Crippen MR) is 103 cm³/mol. The van der Waals surface area contributed by atoms with Crippen molar-refractivity contribution in [1.82, 2.24) is 14.9 Å². The zero-order valence-electron chi connectivity index (χ0n) is 14.3. The zero-order chi connectivity index (χ0) is 18.1. The Morgan fingerprint density at radius 2 is 2.08 bits per heavy atom. The first-order chi connectivity index (χ1) is 12.6. The number of benzene rings is 2. The van der Waals surface area contributed by atoms with Crippen molar-refractivity contribution in [3.8, 4) is 0 Å². The topological polar surface area (TPSA) is 49.0 Å². The molecule has 4 aromatic rings. The molecule has 0 atom stereocenters. The van der Waals surface area contributed by atoms with Crippen molar-refractivity contribution < 1.29 is 9.18 Å². The summed E-state index contributed by atoms with van der Waals surface area (Å²) in [6.45, 7) is 0.618. The smallest absolute Gasteiger partial charge is 0.263 e. The summed E-state index contributed by atoms with van der Waals surface area (Å²) < 4.78 is 14.6. The lowest BCUT2D eigenvalue weighted by atomic mass is 10.2. The Balaban J connectivity index is 1.39. The second kappa shape index (κ2) is 6.88. The summed E-state index contributed by atoms with van der Waals surface area (Å²) in [6.07, 6.45) is 1.58. The largest absolute Gasteiger partial charge is 0.342 e. The van der Waals surface area contributed by atoms with Crippen molar-refractivity contribution in [1.29, 1.82) is 0 Å². The third-order valence-corrected chi connectivity index (χ3v) is 5.50. The molecular weight excluding hydrogens is 349 g/mol. The van der Waals surface area contributed by atoms with E-state index in [-0.39, 0.29) is 11.7 Å². The summed E-state index contributed by atoms with van der Waals surface area (Å²) in [5.74, 6) is 0.566. The summed E-state index contributed by atoms with van der Waals surface area (Å²) in [5, 5.41) is 0.511. The number of aryl methyl sites for hydroxylation is 1. The van der Waals surface area contributed by atoms with E-state index >= 15 is 0 Å². The van der Waals surface area contributed by atoms with Crippen LogP contribution in [0.1, 0.15) is 21.9 Å². The van der Waals surface area contributed by atoms with Crippen LogP contribution in [-0.4, -0.2) is 34.4 Å². The molecule has 0 aliphatic heterocycles. The number of halogens is 1. The van der Waals surface area contributed by atoms with E-state index in [0.717, 1.165) is 34.4 Å². The van der Waals surface area contributed by atoms with Gasteiger partial charge in [0, 0.05) is 30.1 Å². The molecular formula is C20H18FN3OS. The number of H-pyrrole nitrogens is 1. The Morgan fingerprint density at radius 3 is 2.88 bits per heavy atom. The number of fused-ring (bicyclic) bond motifs is 2. The van der Waals surface area contributed by atoms with Gasteiger partial charge in [0.2, 0.25) is 0 Å². The first-order valence-electron chi connectivity index (χ1n) is 8.49. The van der Waals surface area contributed by atoms with Gasteiger partial charge in [0.05, 0.1) is 15.9 Å². The van der Waals surface area contributed by atoms with Crippen molar-refractivity contribution >= 4 is 38.4 Å². The van der Waals surface area contributed by atoms with E-state index in [2.05, 4.69) is 9.97 Å². The molecule has 0 saturated carbocycles. The van der Waals surface area contributed by atoms with E-state index in [1.807, 2.05) is 30.3 Å². The predicted octanol–water partition coefficient (Wildman–Crippen LogP) is 4.62. The zero-order valence-corrected chi connectivity index (χ0v) is 15.1. The Hall–Kier alpha value is -2.73. The molecule has 0 saturated heterocycles. The molecule has 0 fully saturated rings. The van der Waals surface area contributed by atoms with Gasteiger partial charge in [-0.3, -0.25) is 4.79 Å². The molecule has 0 spiro atoms. The highest BCUT2D eigenvalue weighted by Crippen LogP contribution is 2.28. The van der Waals surface area contributed by atoms with Crippen molar-refractivity contribution in [2.24, 2.45) is 0 Å². The quantitative estimate of drug-likeness (QED) is 0.559. The van der Waals surface area contributed by atoms with Crippen LogP contribution < -0.4 is 0 Å². The first-order valence-corrected chi connectivity index (χ1v) is 9.30. The van der Waals surface area contributed by atoms with Crippen LogP contribution in [0, 0.1) is 5.82 Å². The number of nitrogens with zero attached hydrogens (tertiary/aromatic N) is 2. The van der Waals surface area contributed by atoms with E-state index < -0.39 is 0 Å². The van der Waals surface area contributed by atoms with Crippen LogP contribution in [0.5, 0.6) is 0 Å². The molecule has 0 aliphatic carbocycles. The summed E-state index contributed by atoms with van der Waals surface area (Å²) in [6, 6.07) is 14.5. The molecule has 0 radical (unpaired) electrons. The number of aromatic nitrogens is 2. The Bertz CT molecular complexity index is 1050. The maximum atomic E-state index is 13.8. The monoisotopic (exact) mass is 367 g/mol. The summed E-state index contributed by atoms with van der Waals surface area (Å²) in [7, 11) is 1.78. The normalized spacial score (nSPS) is 11.3. The van der Waals surface area contributed by atoms with E-state index in [1.165, 1.54) is 17.4 Å². The highest BCUT2D eigenvalue weighted by molar-refractivity contribution is 7.20. The fourth-order valence-electron chi connectivity index (χ4n) is 3.03. The number of hydrogen-bond donors (Lipinski definition) is 1. The Morgan fingerprint density at radius 1 is 1.23 bits per heavy atom. The number of rotatable bonds is 5. The molecule has 6 heteroatoms. The number of aromatic amines is 1. The Kier molecular flexibility index (Phi) is 4.42. The standard InChI is InChI=1S/C20H18FN3OS/c1-24(11-5-10-19-22-15-7-2-3-8-16(15)23-19)20(25)18-12-13-14(21)6-4-9-17(13)26-18/h2-4,6-9,12H,5,10-11H2,1H3,(H,22,23). The van der Waals surface area contributed by atoms with Gasteiger partial charge >= 0.3 is 0 Å². The van der Waals surface area contributed by atoms with Crippen LogP contribution in [0.3, 0.4) is 0 Å². The highest BCUT2D eigenvalue weighted by Gasteiger charge is 2.16. The summed E-state index contributed by atoms with van der Waals surface area (Å²) >= 11 is 1.33. The fraction of sp³-hybridized carbons (Fsp3) is 0.200. The number of imidazole rings is 1. The third-order valence-electron chi connectivity index (χ3n) is 4.41. The van der Waals surface area contributed by atoms with Crippen LogP contribution in [0.25, 0.3) is 21.1 Å². The molecule has 132 valence electrons. The SMILES string of the molecule is CN(CCCc1nc2ccccc2[nH]1)C(=O)c1cc2c(F)cccc2s1. The van der Waals surface area contributed by atoms with Crippen molar-refractivity contribution in [3.05, 3.63) is 65.0 Å². The first kappa shape index (κ1) is 16.7. The highest BCUT2D eigenvalue weighted by atomic mass is 32.1. The number of carbonyl (C=O) groups is 1. The van der Waals surface area contributed by atoms with Gasteiger partial charge in [-0.2, -0.15) is 0 Å². The minimum Gasteiger partial charge on any atom is -0.342 e. The lowest BCUT2D eigenvalue weighted by Gasteiger charge is -2.15. The van der Waals surface area contributed by atoms with Gasteiger partial charge in [0.25, 0.3) is 5.91 Å². The van der Waals surface area contributed by atoms with Gasteiger partial charge in [0.1, 0.15) is 11.6 Å². The Labute approximate surface area is 154 Å². The molecule has 2 aromatic carbocycles. The summed E-state index contributed by atoms with van der Waals surface area (Å²) in [5.41, 5.74) is 1.98. The number of para-hydroxylation sites is 2.